The molecular weight excluding hydrogens is 472 g/mol. The van der Waals surface area contributed by atoms with Crippen molar-refractivity contribution in [2.75, 3.05) is 19.0 Å². The number of anilines is 1. The standard InChI is InChI=1S/C28H26N4O3S/c1-35-22-16-14-21(15-17-22)26-30-31-28(36-26)29-25(33)23-13-8-18-32(23)27(34)24(19-9-4-2-5-10-19)20-11-6-3-7-12-20/h2-7,9-12,14-17,23-24H,8,13,18H2,1H3,(H,29,31,33). The van der Waals surface area contributed by atoms with E-state index >= 15 is 0 Å². The van der Waals surface area contributed by atoms with Gasteiger partial charge in [0.1, 0.15) is 16.8 Å². The lowest BCUT2D eigenvalue weighted by molar-refractivity contribution is -0.137. The highest BCUT2D eigenvalue weighted by Gasteiger charge is 2.38. The first-order chi connectivity index (χ1) is 17.6. The van der Waals surface area contributed by atoms with Crippen molar-refractivity contribution in [1.82, 2.24) is 15.1 Å². The number of aromatic nitrogens is 2. The fourth-order valence-corrected chi connectivity index (χ4v) is 5.30. The second kappa shape index (κ2) is 10.7. The first-order valence-corrected chi connectivity index (χ1v) is 12.6. The Morgan fingerprint density at radius 2 is 1.58 bits per heavy atom. The molecule has 1 saturated heterocycles. The Balaban J connectivity index is 1.33. The summed E-state index contributed by atoms with van der Waals surface area (Å²) in [6, 6.07) is 26.4. The average molecular weight is 499 g/mol. The maximum absolute atomic E-state index is 13.9. The zero-order chi connectivity index (χ0) is 24.9. The molecule has 0 spiro atoms. The molecule has 1 aliphatic rings. The summed E-state index contributed by atoms with van der Waals surface area (Å²) < 4.78 is 5.20. The van der Waals surface area contributed by atoms with E-state index < -0.39 is 12.0 Å². The van der Waals surface area contributed by atoms with Crippen molar-refractivity contribution in [3.05, 3.63) is 96.1 Å². The Morgan fingerprint density at radius 1 is 0.944 bits per heavy atom. The van der Waals surface area contributed by atoms with Crippen LogP contribution in [0.15, 0.2) is 84.9 Å². The number of ether oxygens (including phenoxy) is 1. The molecule has 8 heteroatoms. The summed E-state index contributed by atoms with van der Waals surface area (Å²) in [5.41, 5.74) is 2.71. The molecule has 182 valence electrons. The summed E-state index contributed by atoms with van der Waals surface area (Å²) in [5.74, 6) is -0.0181. The number of likely N-dealkylation sites (tertiary alicyclic amines) is 1. The molecule has 5 rings (SSSR count). The molecule has 3 aromatic carbocycles. The van der Waals surface area contributed by atoms with Crippen LogP contribution in [-0.2, 0) is 9.59 Å². The molecule has 0 aliphatic carbocycles. The number of hydrogen-bond donors (Lipinski definition) is 1. The number of rotatable bonds is 7. The van der Waals surface area contributed by atoms with E-state index in [0.29, 0.717) is 23.1 Å². The van der Waals surface area contributed by atoms with Gasteiger partial charge in [0.2, 0.25) is 16.9 Å². The summed E-state index contributed by atoms with van der Waals surface area (Å²) in [4.78, 5) is 28.9. The van der Waals surface area contributed by atoms with Gasteiger partial charge in [0.25, 0.3) is 0 Å². The van der Waals surface area contributed by atoms with Gasteiger partial charge in [-0.05, 0) is 48.2 Å². The predicted octanol–water partition coefficient (Wildman–Crippen LogP) is 4.98. The van der Waals surface area contributed by atoms with Gasteiger partial charge in [-0.1, -0.05) is 72.0 Å². The van der Waals surface area contributed by atoms with Crippen molar-refractivity contribution in [2.24, 2.45) is 0 Å². The molecule has 1 aromatic heterocycles. The Morgan fingerprint density at radius 3 is 2.19 bits per heavy atom. The summed E-state index contributed by atoms with van der Waals surface area (Å²) in [7, 11) is 1.62. The van der Waals surface area contributed by atoms with E-state index in [9.17, 15) is 9.59 Å². The number of amides is 2. The number of hydrogen-bond acceptors (Lipinski definition) is 6. The van der Waals surface area contributed by atoms with E-state index in [4.69, 9.17) is 4.74 Å². The lowest BCUT2D eigenvalue weighted by atomic mass is 9.90. The number of carbonyl (C=O) groups excluding carboxylic acids is 2. The van der Waals surface area contributed by atoms with Crippen LogP contribution in [0.25, 0.3) is 10.6 Å². The van der Waals surface area contributed by atoms with Crippen LogP contribution in [0.1, 0.15) is 29.9 Å². The highest BCUT2D eigenvalue weighted by atomic mass is 32.1. The zero-order valence-corrected chi connectivity index (χ0v) is 20.7. The van der Waals surface area contributed by atoms with Gasteiger partial charge in [-0.2, -0.15) is 0 Å². The van der Waals surface area contributed by atoms with Crippen molar-refractivity contribution in [1.29, 1.82) is 0 Å². The van der Waals surface area contributed by atoms with Crippen LogP contribution >= 0.6 is 11.3 Å². The van der Waals surface area contributed by atoms with E-state index in [2.05, 4.69) is 15.5 Å². The van der Waals surface area contributed by atoms with Gasteiger partial charge >= 0.3 is 0 Å². The van der Waals surface area contributed by atoms with Gasteiger partial charge in [0, 0.05) is 12.1 Å². The van der Waals surface area contributed by atoms with Crippen LogP contribution in [0.5, 0.6) is 5.75 Å². The fraction of sp³-hybridized carbons (Fsp3) is 0.214. The summed E-state index contributed by atoms with van der Waals surface area (Å²) >= 11 is 1.30. The predicted molar refractivity (Wildman–Crippen MR) is 140 cm³/mol. The minimum absolute atomic E-state index is 0.0683. The Bertz CT molecular complexity index is 1290. The van der Waals surface area contributed by atoms with Gasteiger partial charge in [-0.25, -0.2) is 0 Å². The van der Waals surface area contributed by atoms with E-state index in [-0.39, 0.29) is 11.8 Å². The van der Waals surface area contributed by atoms with Crippen LogP contribution in [-0.4, -0.2) is 46.6 Å². The largest absolute Gasteiger partial charge is 0.497 e. The average Bonchev–Trinajstić information content (AvgIpc) is 3.60. The van der Waals surface area contributed by atoms with Gasteiger partial charge in [-0.3, -0.25) is 14.9 Å². The fourth-order valence-electron chi connectivity index (χ4n) is 4.55. The van der Waals surface area contributed by atoms with Crippen LogP contribution in [0.2, 0.25) is 0 Å². The highest BCUT2D eigenvalue weighted by Crippen LogP contribution is 2.32. The quantitative estimate of drug-likeness (QED) is 0.389. The van der Waals surface area contributed by atoms with Crippen LogP contribution in [0, 0.1) is 0 Å². The molecule has 0 radical (unpaired) electrons. The minimum Gasteiger partial charge on any atom is -0.497 e. The minimum atomic E-state index is -0.555. The van der Waals surface area contributed by atoms with Crippen LogP contribution < -0.4 is 10.1 Å². The van der Waals surface area contributed by atoms with Crippen molar-refractivity contribution in [3.8, 4) is 16.3 Å². The second-order valence-corrected chi connectivity index (χ2v) is 9.55. The van der Waals surface area contributed by atoms with Gasteiger partial charge < -0.3 is 9.64 Å². The Kier molecular flexibility index (Phi) is 7.04. The van der Waals surface area contributed by atoms with Crippen LogP contribution in [0.3, 0.4) is 0 Å². The first-order valence-electron chi connectivity index (χ1n) is 11.8. The monoisotopic (exact) mass is 498 g/mol. The van der Waals surface area contributed by atoms with E-state index in [1.807, 2.05) is 84.9 Å². The molecule has 1 unspecified atom stereocenters. The van der Waals surface area contributed by atoms with Gasteiger partial charge in [0.15, 0.2) is 0 Å². The van der Waals surface area contributed by atoms with Crippen molar-refractivity contribution in [3.63, 3.8) is 0 Å². The smallest absolute Gasteiger partial charge is 0.249 e. The number of benzene rings is 3. The summed E-state index contributed by atoms with van der Waals surface area (Å²) in [5, 5.41) is 12.4. The van der Waals surface area contributed by atoms with E-state index in [0.717, 1.165) is 28.9 Å². The third-order valence-corrected chi connectivity index (χ3v) is 7.23. The Hall–Kier alpha value is -4.04. The Labute approximate surface area is 213 Å². The zero-order valence-electron chi connectivity index (χ0n) is 19.8. The summed E-state index contributed by atoms with van der Waals surface area (Å²) in [6.45, 7) is 0.542. The maximum Gasteiger partial charge on any atom is 0.249 e. The molecule has 0 bridgehead atoms. The third-order valence-electron chi connectivity index (χ3n) is 6.34. The van der Waals surface area contributed by atoms with Gasteiger partial charge in [0.05, 0.1) is 13.0 Å². The SMILES string of the molecule is COc1ccc(-c2nnc(NC(=O)C3CCCN3C(=O)C(c3ccccc3)c3ccccc3)s2)cc1. The molecule has 1 fully saturated rings. The molecule has 1 N–H and O–H groups in total. The molecule has 1 aliphatic heterocycles. The van der Waals surface area contributed by atoms with E-state index in [1.54, 1.807) is 12.0 Å². The third kappa shape index (κ3) is 4.99. The lowest BCUT2D eigenvalue weighted by Crippen LogP contribution is -2.45. The molecule has 7 nitrogen and oxygen atoms in total. The van der Waals surface area contributed by atoms with E-state index in [1.165, 1.54) is 11.3 Å². The van der Waals surface area contributed by atoms with Crippen LogP contribution in [0.4, 0.5) is 5.13 Å². The lowest BCUT2D eigenvalue weighted by Gasteiger charge is -2.28. The number of nitrogens with one attached hydrogen (secondary N) is 1. The molecule has 2 amide bonds. The maximum atomic E-state index is 13.9. The van der Waals surface area contributed by atoms with Crippen molar-refractivity contribution >= 4 is 28.3 Å². The second-order valence-electron chi connectivity index (χ2n) is 8.57. The number of nitrogens with zero attached hydrogens (tertiary/aromatic N) is 3. The number of carbonyl (C=O) groups is 2. The van der Waals surface area contributed by atoms with Crippen molar-refractivity contribution in [2.45, 2.75) is 24.8 Å². The molecule has 2 heterocycles. The first kappa shape index (κ1) is 23.7. The molecule has 36 heavy (non-hydrogen) atoms. The highest BCUT2D eigenvalue weighted by molar-refractivity contribution is 7.18. The molecule has 1 atom stereocenters. The number of methoxy groups -OCH3 is 1. The summed E-state index contributed by atoms with van der Waals surface area (Å²) in [6.07, 6.45) is 1.38. The molecular formula is C28H26N4O3S. The molecule has 0 saturated carbocycles. The van der Waals surface area contributed by atoms with Crippen molar-refractivity contribution < 1.29 is 14.3 Å². The topological polar surface area (TPSA) is 84.4 Å². The van der Waals surface area contributed by atoms with Gasteiger partial charge in [-0.15, -0.1) is 10.2 Å². The molecule has 4 aromatic rings. The normalized spacial score (nSPS) is 15.2.